The Morgan fingerprint density at radius 2 is 0.479 bits per heavy atom. The van der Waals surface area contributed by atoms with Crippen LogP contribution in [0.3, 0.4) is 0 Å². The van der Waals surface area contributed by atoms with Crippen LogP contribution in [0, 0.1) is 5.92 Å². The van der Waals surface area contributed by atoms with Crippen LogP contribution in [0.15, 0.2) is 0 Å². The molecule has 3 N–H and O–H groups in total. The number of esters is 4. The molecule has 0 aromatic rings. The Kier molecular flexibility index (Phi) is 68.7. The Morgan fingerprint density at radius 3 is 0.708 bits per heavy atom. The predicted octanol–water partition coefficient (Wildman–Crippen LogP) is 22.9. The first-order valence-electron chi connectivity index (χ1n) is 40.1. The Labute approximate surface area is 588 Å². The summed E-state index contributed by atoms with van der Waals surface area (Å²) in [7, 11) is -9.91. The van der Waals surface area contributed by atoms with Crippen LogP contribution in [0.25, 0.3) is 0 Å². The summed E-state index contributed by atoms with van der Waals surface area (Å²) in [4.78, 5) is 72.9. The lowest BCUT2D eigenvalue weighted by atomic mass is 10.0. The van der Waals surface area contributed by atoms with E-state index < -0.39 is 97.5 Å². The van der Waals surface area contributed by atoms with Crippen LogP contribution in [-0.4, -0.2) is 96.7 Å². The Bertz CT molecular complexity index is 1840. The van der Waals surface area contributed by atoms with Crippen LogP contribution in [0.2, 0.25) is 0 Å². The lowest BCUT2D eigenvalue weighted by Gasteiger charge is -2.21. The largest absolute Gasteiger partial charge is 0.472 e. The Balaban J connectivity index is 5.26. The number of unbranched alkanes of at least 4 members (excludes halogenated alkanes) is 49. The first-order valence-corrected chi connectivity index (χ1v) is 43.1. The summed E-state index contributed by atoms with van der Waals surface area (Å²) in [5.41, 5.74) is 0. The third-order valence-electron chi connectivity index (χ3n) is 18.0. The molecule has 0 spiro atoms. The molecule has 570 valence electrons. The molecule has 0 heterocycles. The zero-order valence-corrected chi connectivity index (χ0v) is 64.3. The minimum absolute atomic E-state index is 0.107. The summed E-state index contributed by atoms with van der Waals surface area (Å²) in [5, 5.41) is 10.6. The van der Waals surface area contributed by atoms with E-state index in [9.17, 15) is 43.2 Å². The molecule has 0 saturated carbocycles. The fraction of sp³-hybridized carbons (Fsp3) is 0.948. The summed E-state index contributed by atoms with van der Waals surface area (Å²) in [5.74, 6) is -1.36. The molecule has 0 aliphatic rings. The summed E-state index contributed by atoms with van der Waals surface area (Å²) in [6, 6.07) is 0. The van der Waals surface area contributed by atoms with E-state index in [1.807, 2.05) is 0 Å². The van der Waals surface area contributed by atoms with Crippen molar-refractivity contribution in [2.24, 2.45) is 5.92 Å². The first kappa shape index (κ1) is 94.1. The van der Waals surface area contributed by atoms with Gasteiger partial charge in [-0.3, -0.25) is 37.3 Å². The van der Waals surface area contributed by atoms with E-state index in [2.05, 4.69) is 34.6 Å². The van der Waals surface area contributed by atoms with E-state index in [1.54, 1.807) is 0 Å². The number of carbonyl (C=O) groups is 4. The molecule has 0 rings (SSSR count). The fourth-order valence-electron chi connectivity index (χ4n) is 11.9. The average molecular weight is 1410 g/mol. The van der Waals surface area contributed by atoms with Gasteiger partial charge in [-0.05, 0) is 31.6 Å². The van der Waals surface area contributed by atoms with Crippen molar-refractivity contribution in [1.29, 1.82) is 0 Å². The van der Waals surface area contributed by atoms with Crippen LogP contribution in [0.4, 0.5) is 0 Å². The van der Waals surface area contributed by atoms with Crippen molar-refractivity contribution in [3.8, 4) is 0 Å². The number of rotatable bonds is 77. The standard InChI is InChI=1S/C77H150O17P2/c1-6-9-12-15-18-21-24-27-29-30-31-33-36-42-47-52-57-62-76(81)93-72(66-88-75(80)61-56-51-46-41-35-32-28-25-22-19-16-13-10-7-2)68-91-95(83,84)89-64-71(78)65-90-96(85,86)92-69-73(67-87-74(79)60-55-50-45-40-34-26-23-20-17-14-11-8-3)94-77(82)63-58-53-48-43-38-37-39-44-49-54-59-70(4)5/h70-73,78H,6-69H2,1-5H3,(H,83,84)(H,85,86)/t71-,72-,73-/m1/s1. The van der Waals surface area contributed by atoms with Gasteiger partial charge in [-0.15, -0.1) is 0 Å². The van der Waals surface area contributed by atoms with E-state index in [-0.39, 0.29) is 25.7 Å². The molecule has 17 nitrogen and oxygen atoms in total. The predicted molar refractivity (Wildman–Crippen MR) is 391 cm³/mol. The van der Waals surface area contributed by atoms with Crippen molar-refractivity contribution < 1.29 is 80.2 Å². The Morgan fingerprint density at radius 1 is 0.281 bits per heavy atom. The van der Waals surface area contributed by atoms with E-state index in [0.717, 1.165) is 95.8 Å². The molecular formula is C77H150O17P2. The molecule has 96 heavy (non-hydrogen) atoms. The van der Waals surface area contributed by atoms with E-state index in [4.69, 9.17) is 37.0 Å². The third kappa shape index (κ3) is 70.5. The minimum Gasteiger partial charge on any atom is -0.462 e. The van der Waals surface area contributed by atoms with Crippen LogP contribution in [-0.2, 0) is 65.4 Å². The monoisotopic (exact) mass is 1410 g/mol. The van der Waals surface area contributed by atoms with E-state index >= 15 is 0 Å². The number of ether oxygens (including phenoxy) is 4. The Hall–Kier alpha value is -1.94. The number of phosphoric ester groups is 2. The maximum atomic E-state index is 13.1. The van der Waals surface area contributed by atoms with Crippen molar-refractivity contribution in [2.45, 2.75) is 425 Å². The maximum Gasteiger partial charge on any atom is 0.472 e. The summed E-state index contributed by atoms with van der Waals surface area (Å²) in [6.45, 7) is 7.30. The molecule has 0 aliphatic heterocycles. The van der Waals surface area contributed by atoms with E-state index in [0.29, 0.717) is 25.7 Å². The van der Waals surface area contributed by atoms with Gasteiger partial charge in [0.05, 0.1) is 26.4 Å². The molecule has 0 bridgehead atoms. The summed E-state index contributed by atoms with van der Waals surface area (Å²) < 4.78 is 68.6. The molecule has 0 aliphatic carbocycles. The molecule has 0 aromatic heterocycles. The maximum absolute atomic E-state index is 13.1. The van der Waals surface area contributed by atoms with Gasteiger partial charge in [0, 0.05) is 25.7 Å². The number of aliphatic hydroxyl groups excluding tert-OH is 1. The van der Waals surface area contributed by atoms with Crippen LogP contribution >= 0.6 is 15.6 Å². The van der Waals surface area contributed by atoms with Crippen molar-refractivity contribution >= 4 is 39.5 Å². The van der Waals surface area contributed by atoms with Crippen molar-refractivity contribution in [3.05, 3.63) is 0 Å². The second kappa shape index (κ2) is 70.1. The van der Waals surface area contributed by atoms with Crippen molar-refractivity contribution in [1.82, 2.24) is 0 Å². The van der Waals surface area contributed by atoms with Crippen molar-refractivity contribution in [2.75, 3.05) is 39.6 Å². The number of hydrogen-bond donors (Lipinski definition) is 3. The van der Waals surface area contributed by atoms with Gasteiger partial charge in [0.15, 0.2) is 12.2 Å². The smallest absolute Gasteiger partial charge is 0.462 e. The topological polar surface area (TPSA) is 237 Å². The molecule has 5 atom stereocenters. The van der Waals surface area contributed by atoms with Crippen LogP contribution in [0.5, 0.6) is 0 Å². The normalized spacial score (nSPS) is 13.9. The van der Waals surface area contributed by atoms with E-state index in [1.165, 1.54) is 231 Å². The number of carbonyl (C=O) groups excluding carboxylic acids is 4. The average Bonchev–Trinajstić information content (AvgIpc) is 2.04. The molecule has 0 fully saturated rings. The van der Waals surface area contributed by atoms with Gasteiger partial charge in [0.2, 0.25) is 0 Å². The summed E-state index contributed by atoms with van der Waals surface area (Å²) in [6.07, 6.45) is 59.5. The lowest BCUT2D eigenvalue weighted by molar-refractivity contribution is -0.161. The van der Waals surface area contributed by atoms with Crippen molar-refractivity contribution in [3.63, 3.8) is 0 Å². The molecule has 0 saturated heterocycles. The van der Waals surface area contributed by atoms with Gasteiger partial charge in [-0.2, -0.15) is 0 Å². The third-order valence-corrected chi connectivity index (χ3v) is 19.9. The van der Waals surface area contributed by atoms with Gasteiger partial charge in [0.1, 0.15) is 19.3 Å². The minimum atomic E-state index is -4.96. The first-order chi connectivity index (χ1) is 46.5. The fourth-order valence-corrected chi connectivity index (χ4v) is 13.5. The second-order valence-electron chi connectivity index (χ2n) is 28.2. The number of phosphoric acid groups is 2. The number of aliphatic hydroxyl groups is 1. The highest BCUT2D eigenvalue weighted by atomic mass is 31.2. The van der Waals surface area contributed by atoms with Crippen LogP contribution < -0.4 is 0 Å². The van der Waals surface area contributed by atoms with Gasteiger partial charge >= 0.3 is 39.5 Å². The highest BCUT2D eigenvalue weighted by Gasteiger charge is 2.30. The van der Waals surface area contributed by atoms with Gasteiger partial charge in [0.25, 0.3) is 0 Å². The molecule has 0 amide bonds. The van der Waals surface area contributed by atoms with Gasteiger partial charge < -0.3 is 33.8 Å². The molecule has 0 aromatic carbocycles. The van der Waals surface area contributed by atoms with Gasteiger partial charge in [-0.1, -0.05) is 356 Å². The number of hydrogen-bond acceptors (Lipinski definition) is 15. The lowest BCUT2D eigenvalue weighted by Crippen LogP contribution is -2.30. The SMILES string of the molecule is CCCCCCCCCCCCCCCCCCCC(=O)O[C@H](COC(=O)CCCCCCCCCCCCCCCC)COP(=O)(O)OC[C@@H](O)COP(=O)(O)OC[C@@H](COC(=O)CCCCCCCCCCCCCC)OC(=O)CCCCCCCCCCCCC(C)C. The highest BCUT2D eigenvalue weighted by Crippen LogP contribution is 2.45. The molecular weight excluding hydrogens is 1260 g/mol. The molecule has 19 heteroatoms. The molecule has 0 radical (unpaired) electrons. The zero-order valence-electron chi connectivity index (χ0n) is 62.5. The highest BCUT2D eigenvalue weighted by molar-refractivity contribution is 7.47. The van der Waals surface area contributed by atoms with Crippen LogP contribution in [0.1, 0.15) is 407 Å². The zero-order chi connectivity index (χ0) is 70.5. The molecule has 2 unspecified atom stereocenters. The second-order valence-corrected chi connectivity index (χ2v) is 31.1. The quantitative estimate of drug-likeness (QED) is 0.0222. The summed E-state index contributed by atoms with van der Waals surface area (Å²) >= 11 is 0. The van der Waals surface area contributed by atoms with Gasteiger partial charge in [-0.25, -0.2) is 9.13 Å².